The van der Waals surface area contributed by atoms with Gasteiger partial charge >= 0.3 is 0 Å². The van der Waals surface area contributed by atoms with E-state index in [1.165, 1.54) is 7.11 Å². The summed E-state index contributed by atoms with van der Waals surface area (Å²) in [5, 5.41) is 28.3. The standard InChI is InChI=1S/C8H17N3O5/c1-15-7-4(11-8(9)10)6(14)5(13)3(2-12)16-7/h3-7,12-14H,2H2,1H3,(H4,9,10,11)/t3-,4-,5+,6-,7?/m1/s1. The van der Waals surface area contributed by atoms with Gasteiger partial charge in [-0.1, -0.05) is 0 Å². The van der Waals surface area contributed by atoms with Gasteiger partial charge in [-0.25, -0.2) is 4.99 Å². The van der Waals surface area contributed by atoms with Crippen LogP contribution in [0.5, 0.6) is 0 Å². The lowest BCUT2D eigenvalue weighted by atomic mass is 9.97. The van der Waals surface area contributed by atoms with E-state index in [1.807, 2.05) is 0 Å². The molecule has 0 saturated carbocycles. The number of aliphatic hydroxyl groups is 3. The van der Waals surface area contributed by atoms with Crippen LogP contribution < -0.4 is 11.5 Å². The Morgan fingerprint density at radius 1 is 1.38 bits per heavy atom. The van der Waals surface area contributed by atoms with Crippen molar-refractivity contribution < 1.29 is 24.8 Å². The number of aliphatic hydroxyl groups excluding tert-OH is 3. The van der Waals surface area contributed by atoms with Gasteiger partial charge in [0.2, 0.25) is 0 Å². The van der Waals surface area contributed by atoms with E-state index in [-0.39, 0.29) is 5.96 Å². The second kappa shape index (κ2) is 5.41. The fourth-order valence-corrected chi connectivity index (χ4v) is 1.57. The van der Waals surface area contributed by atoms with Crippen molar-refractivity contribution in [2.75, 3.05) is 13.7 Å². The highest BCUT2D eigenvalue weighted by Gasteiger charge is 2.44. The Kier molecular flexibility index (Phi) is 4.44. The van der Waals surface area contributed by atoms with E-state index in [0.717, 1.165) is 0 Å². The van der Waals surface area contributed by atoms with Gasteiger partial charge in [0.1, 0.15) is 24.4 Å². The van der Waals surface area contributed by atoms with Crippen molar-refractivity contribution in [2.45, 2.75) is 30.6 Å². The van der Waals surface area contributed by atoms with Crippen molar-refractivity contribution in [1.82, 2.24) is 0 Å². The van der Waals surface area contributed by atoms with Gasteiger partial charge in [-0.3, -0.25) is 0 Å². The summed E-state index contributed by atoms with van der Waals surface area (Å²) >= 11 is 0. The Balaban J connectivity index is 2.86. The quantitative estimate of drug-likeness (QED) is 0.255. The van der Waals surface area contributed by atoms with Crippen LogP contribution in [0.25, 0.3) is 0 Å². The predicted octanol–water partition coefficient (Wildman–Crippen LogP) is -3.29. The maximum atomic E-state index is 9.75. The molecule has 0 aromatic carbocycles. The molecule has 0 aromatic heterocycles. The Hall–Kier alpha value is -0.930. The number of nitrogens with two attached hydrogens (primary N) is 2. The van der Waals surface area contributed by atoms with Gasteiger partial charge in [-0.2, -0.15) is 0 Å². The molecule has 0 radical (unpaired) electrons. The van der Waals surface area contributed by atoms with Crippen LogP contribution in [0.15, 0.2) is 4.99 Å². The van der Waals surface area contributed by atoms with Crippen molar-refractivity contribution in [3.05, 3.63) is 0 Å². The highest BCUT2D eigenvalue weighted by molar-refractivity contribution is 5.76. The molecular formula is C8H17N3O5. The SMILES string of the molecule is COC1O[C@H](CO)[C@H](O)[C@H](O)[C@H]1N=C(N)N. The van der Waals surface area contributed by atoms with Crippen LogP contribution in [0.2, 0.25) is 0 Å². The van der Waals surface area contributed by atoms with Crippen LogP contribution in [0, 0.1) is 0 Å². The summed E-state index contributed by atoms with van der Waals surface area (Å²) in [5.41, 5.74) is 10.4. The Bertz CT molecular complexity index is 256. The third-order valence-electron chi connectivity index (χ3n) is 2.38. The fraction of sp³-hybridized carbons (Fsp3) is 0.875. The molecule has 94 valence electrons. The molecule has 5 atom stereocenters. The lowest BCUT2D eigenvalue weighted by Gasteiger charge is -2.39. The smallest absolute Gasteiger partial charge is 0.186 e. The average molecular weight is 235 g/mol. The monoisotopic (exact) mass is 235 g/mol. The number of methoxy groups -OCH3 is 1. The lowest BCUT2D eigenvalue weighted by molar-refractivity contribution is -0.257. The average Bonchev–Trinajstić information content (AvgIpc) is 2.25. The van der Waals surface area contributed by atoms with E-state index in [0.29, 0.717) is 0 Å². The first-order chi connectivity index (χ1) is 7.51. The van der Waals surface area contributed by atoms with Gasteiger partial charge in [-0.15, -0.1) is 0 Å². The molecule has 0 spiro atoms. The predicted molar refractivity (Wildman–Crippen MR) is 54.4 cm³/mol. The van der Waals surface area contributed by atoms with Gasteiger partial charge in [0.25, 0.3) is 0 Å². The normalized spacial score (nSPS) is 39.4. The lowest BCUT2D eigenvalue weighted by Crippen LogP contribution is -2.58. The van der Waals surface area contributed by atoms with Crippen molar-refractivity contribution in [3.8, 4) is 0 Å². The minimum atomic E-state index is -1.27. The van der Waals surface area contributed by atoms with Gasteiger partial charge in [0.15, 0.2) is 12.2 Å². The maximum absolute atomic E-state index is 9.75. The molecule has 1 rings (SSSR count). The highest BCUT2D eigenvalue weighted by Crippen LogP contribution is 2.23. The topological polar surface area (TPSA) is 144 Å². The number of guanidine groups is 1. The van der Waals surface area contributed by atoms with Crippen LogP contribution in [0.3, 0.4) is 0 Å². The first kappa shape index (κ1) is 13.1. The summed E-state index contributed by atoms with van der Waals surface area (Å²) in [4.78, 5) is 3.72. The molecule has 0 bridgehead atoms. The number of aliphatic imine (C=N–C) groups is 1. The van der Waals surface area contributed by atoms with E-state index >= 15 is 0 Å². The third kappa shape index (κ3) is 2.60. The number of hydrogen-bond acceptors (Lipinski definition) is 6. The third-order valence-corrected chi connectivity index (χ3v) is 2.38. The number of hydrogen-bond donors (Lipinski definition) is 5. The zero-order chi connectivity index (χ0) is 12.3. The van der Waals surface area contributed by atoms with Crippen molar-refractivity contribution in [2.24, 2.45) is 16.5 Å². The molecule has 8 heteroatoms. The zero-order valence-corrected chi connectivity index (χ0v) is 8.85. The second-order valence-corrected chi connectivity index (χ2v) is 3.49. The summed E-state index contributed by atoms with van der Waals surface area (Å²) in [7, 11) is 1.35. The van der Waals surface area contributed by atoms with Crippen molar-refractivity contribution in [3.63, 3.8) is 0 Å². The number of nitrogens with zero attached hydrogens (tertiary/aromatic N) is 1. The van der Waals surface area contributed by atoms with Crippen LogP contribution in [-0.2, 0) is 9.47 Å². The van der Waals surface area contributed by atoms with E-state index in [1.54, 1.807) is 0 Å². The zero-order valence-electron chi connectivity index (χ0n) is 8.85. The minimum absolute atomic E-state index is 0.246. The van der Waals surface area contributed by atoms with Crippen LogP contribution in [0.1, 0.15) is 0 Å². The van der Waals surface area contributed by atoms with Gasteiger partial charge in [-0.05, 0) is 0 Å². The minimum Gasteiger partial charge on any atom is -0.394 e. The van der Waals surface area contributed by atoms with Crippen LogP contribution in [0.4, 0.5) is 0 Å². The van der Waals surface area contributed by atoms with Gasteiger partial charge < -0.3 is 36.3 Å². The molecule has 1 aliphatic heterocycles. The first-order valence-electron chi connectivity index (χ1n) is 4.75. The van der Waals surface area contributed by atoms with E-state index in [2.05, 4.69) is 4.99 Å². The Morgan fingerprint density at radius 2 is 2.00 bits per heavy atom. The molecule has 1 fully saturated rings. The molecule has 0 aliphatic carbocycles. The molecule has 1 heterocycles. The maximum Gasteiger partial charge on any atom is 0.186 e. The van der Waals surface area contributed by atoms with Crippen LogP contribution in [-0.4, -0.2) is 65.6 Å². The molecule has 1 unspecified atom stereocenters. The summed E-state index contributed by atoms with van der Waals surface area (Å²) < 4.78 is 10.1. The molecule has 1 saturated heterocycles. The van der Waals surface area contributed by atoms with E-state index in [4.69, 9.17) is 26.0 Å². The summed E-state index contributed by atoms with van der Waals surface area (Å²) in [6, 6.07) is -0.923. The Morgan fingerprint density at radius 3 is 2.44 bits per heavy atom. The Labute approximate surface area is 92.5 Å². The largest absolute Gasteiger partial charge is 0.394 e. The number of rotatable bonds is 3. The molecule has 1 aliphatic rings. The van der Waals surface area contributed by atoms with Crippen molar-refractivity contribution >= 4 is 5.96 Å². The molecule has 16 heavy (non-hydrogen) atoms. The van der Waals surface area contributed by atoms with Gasteiger partial charge in [0.05, 0.1) is 6.61 Å². The van der Waals surface area contributed by atoms with E-state index < -0.39 is 37.3 Å². The molecule has 8 nitrogen and oxygen atoms in total. The summed E-state index contributed by atoms with van der Waals surface area (Å²) in [6.45, 7) is -0.438. The van der Waals surface area contributed by atoms with Crippen LogP contribution >= 0.6 is 0 Å². The second-order valence-electron chi connectivity index (χ2n) is 3.49. The molecule has 0 aromatic rings. The summed E-state index contributed by atoms with van der Waals surface area (Å²) in [5.74, 6) is -0.246. The molecular weight excluding hydrogens is 218 g/mol. The first-order valence-corrected chi connectivity index (χ1v) is 4.75. The summed E-state index contributed by atoms with van der Waals surface area (Å²) in [6.07, 6.45) is -4.38. The van der Waals surface area contributed by atoms with Crippen molar-refractivity contribution in [1.29, 1.82) is 0 Å². The molecule has 0 amide bonds. The number of ether oxygens (including phenoxy) is 2. The highest BCUT2D eigenvalue weighted by atomic mass is 16.7. The molecule has 7 N–H and O–H groups in total. The van der Waals surface area contributed by atoms with E-state index in [9.17, 15) is 10.2 Å². The van der Waals surface area contributed by atoms with Gasteiger partial charge in [0, 0.05) is 7.11 Å². The fourth-order valence-electron chi connectivity index (χ4n) is 1.57.